The normalized spacial score (nSPS) is 33.2. The zero-order valence-corrected chi connectivity index (χ0v) is 12.7. The maximum Gasteiger partial charge on any atom is 0.123 e. The Bertz CT molecular complexity index is 468. The second-order valence-corrected chi connectivity index (χ2v) is 7.42. The Hall–Kier alpha value is -0.580. The molecule has 4 heteroatoms. The fourth-order valence-corrected chi connectivity index (χ4v) is 4.83. The summed E-state index contributed by atoms with van der Waals surface area (Å²) >= 11 is 1.97. The lowest BCUT2D eigenvalue weighted by molar-refractivity contribution is -0.0917. The van der Waals surface area contributed by atoms with Crippen molar-refractivity contribution in [1.29, 1.82) is 0 Å². The van der Waals surface area contributed by atoms with Crippen LogP contribution in [0.25, 0.3) is 0 Å². The summed E-state index contributed by atoms with van der Waals surface area (Å²) in [7, 11) is 0. The molecule has 0 saturated carbocycles. The van der Waals surface area contributed by atoms with Gasteiger partial charge in [-0.15, -0.1) is 0 Å². The number of nitrogens with two attached hydrogens (primary N) is 1. The minimum Gasteiger partial charge on any atom is -0.374 e. The van der Waals surface area contributed by atoms with E-state index >= 15 is 0 Å². The quantitative estimate of drug-likeness (QED) is 0.909. The summed E-state index contributed by atoms with van der Waals surface area (Å²) in [4.78, 5) is 0. The van der Waals surface area contributed by atoms with Gasteiger partial charge >= 0.3 is 0 Å². The van der Waals surface area contributed by atoms with Gasteiger partial charge in [-0.05, 0) is 55.6 Å². The fraction of sp³-hybridized carbons (Fsp3) is 0.625. The Labute approximate surface area is 124 Å². The van der Waals surface area contributed by atoms with E-state index in [4.69, 9.17) is 10.5 Å². The van der Waals surface area contributed by atoms with Crippen molar-refractivity contribution < 1.29 is 9.13 Å². The van der Waals surface area contributed by atoms with Crippen LogP contribution in [0.4, 0.5) is 4.39 Å². The minimum absolute atomic E-state index is 0.0360. The van der Waals surface area contributed by atoms with E-state index in [9.17, 15) is 4.39 Å². The molecule has 110 valence electrons. The van der Waals surface area contributed by atoms with E-state index in [-0.39, 0.29) is 11.4 Å². The molecule has 2 aliphatic heterocycles. The predicted molar refractivity (Wildman–Crippen MR) is 81.3 cm³/mol. The van der Waals surface area contributed by atoms with Crippen molar-refractivity contribution >= 4 is 11.8 Å². The van der Waals surface area contributed by atoms with Crippen molar-refractivity contribution in [3.63, 3.8) is 0 Å². The number of halogens is 1. The van der Waals surface area contributed by atoms with Gasteiger partial charge in [-0.1, -0.05) is 12.1 Å². The minimum atomic E-state index is -0.419. The molecular weight excluding hydrogens is 273 g/mol. The van der Waals surface area contributed by atoms with E-state index in [1.165, 1.54) is 17.9 Å². The van der Waals surface area contributed by atoms with Gasteiger partial charge in [0.1, 0.15) is 5.82 Å². The molecule has 3 unspecified atom stereocenters. The average molecular weight is 295 g/mol. The zero-order chi connectivity index (χ0) is 14.2. The molecule has 0 radical (unpaired) electrons. The van der Waals surface area contributed by atoms with Crippen LogP contribution in [0.15, 0.2) is 24.3 Å². The zero-order valence-electron chi connectivity index (χ0n) is 11.9. The largest absolute Gasteiger partial charge is 0.374 e. The molecule has 2 N–H and O–H groups in total. The summed E-state index contributed by atoms with van der Waals surface area (Å²) in [6.45, 7) is 2.87. The topological polar surface area (TPSA) is 35.2 Å². The van der Waals surface area contributed by atoms with Gasteiger partial charge in [0.25, 0.3) is 0 Å². The van der Waals surface area contributed by atoms with Crippen molar-refractivity contribution in [2.24, 2.45) is 11.7 Å². The van der Waals surface area contributed by atoms with Crippen LogP contribution >= 0.6 is 11.8 Å². The van der Waals surface area contributed by atoms with Crippen molar-refractivity contribution in [2.45, 2.75) is 37.3 Å². The molecule has 0 amide bonds. The first-order valence-corrected chi connectivity index (χ1v) is 8.44. The highest BCUT2D eigenvalue weighted by atomic mass is 32.2. The first-order chi connectivity index (χ1) is 9.52. The van der Waals surface area contributed by atoms with Gasteiger partial charge < -0.3 is 10.5 Å². The van der Waals surface area contributed by atoms with Gasteiger partial charge in [-0.25, -0.2) is 4.39 Å². The number of ether oxygens (including phenoxy) is 1. The molecule has 2 saturated heterocycles. The Kier molecular flexibility index (Phi) is 3.82. The molecule has 0 aromatic heterocycles. The van der Waals surface area contributed by atoms with Crippen LogP contribution in [0.3, 0.4) is 0 Å². The van der Waals surface area contributed by atoms with Crippen molar-refractivity contribution in [2.75, 3.05) is 18.1 Å². The first kappa shape index (κ1) is 14.4. The second-order valence-electron chi connectivity index (χ2n) is 6.31. The number of benzene rings is 1. The van der Waals surface area contributed by atoms with Crippen molar-refractivity contribution in [3.05, 3.63) is 35.6 Å². The lowest BCUT2D eigenvalue weighted by Gasteiger charge is -2.44. The van der Waals surface area contributed by atoms with Gasteiger partial charge in [0.2, 0.25) is 0 Å². The van der Waals surface area contributed by atoms with Gasteiger partial charge in [-0.2, -0.15) is 11.8 Å². The maximum atomic E-state index is 13.1. The molecule has 20 heavy (non-hydrogen) atoms. The van der Waals surface area contributed by atoms with E-state index in [1.807, 2.05) is 23.9 Å². The van der Waals surface area contributed by atoms with E-state index in [0.717, 1.165) is 37.2 Å². The highest BCUT2D eigenvalue weighted by Gasteiger charge is 2.45. The van der Waals surface area contributed by atoms with Crippen molar-refractivity contribution in [3.8, 4) is 0 Å². The summed E-state index contributed by atoms with van der Waals surface area (Å²) < 4.78 is 19.2. The Morgan fingerprint density at radius 3 is 2.80 bits per heavy atom. The highest BCUT2D eigenvalue weighted by Crippen LogP contribution is 2.45. The summed E-state index contributed by atoms with van der Waals surface area (Å²) in [6, 6.07) is 6.64. The van der Waals surface area contributed by atoms with Crippen molar-refractivity contribution in [1.82, 2.24) is 0 Å². The predicted octanol–water partition coefficient (Wildman–Crippen LogP) is 3.30. The van der Waals surface area contributed by atoms with E-state index in [0.29, 0.717) is 5.92 Å². The number of rotatable bonds is 2. The van der Waals surface area contributed by atoms with Crippen LogP contribution in [0, 0.1) is 11.7 Å². The van der Waals surface area contributed by atoms with Crippen LogP contribution in [-0.2, 0) is 10.3 Å². The molecule has 3 atom stereocenters. The van der Waals surface area contributed by atoms with E-state index in [1.54, 1.807) is 0 Å². The molecule has 3 rings (SSSR count). The second kappa shape index (κ2) is 5.32. The molecule has 2 heterocycles. The molecule has 2 aliphatic rings. The smallest absolute Gasteiger partial charge is 0.123 e. The molecule has 2 nitrogen and oxygen atoms in total. The molecule has 0 bridgehead atoms. The van der Waals surface area contributed by atoms with Crippen LogP contribution in [-0.4, -0.2) is 23.7 Å². The molecular formula is C16H22FNOS. The molecule has 2 fully saturated rings. The molecule has 1 aromatic carbocycles. The third kappa shape index (κ3) is 2.61. The standard InChI is InChI=1S/C16H22FNOS/c1-15(18,12-2-4-14(17)5-3-12)13-6-8-19-16(10-13)7-9-20-11-16/h2-5,13H,6-11,18H2,1H3. The third-order valence-corrected chi connectivity index (χ3v) is 6.10. The Morgan fingerprint density at radius 1 is 1.40 bits per heavy atom. The Balaban J connectivity index is 1.81. The third-order valence-electron chi connectivity index (χ3n) is 4.87. The summed E-state index contributed by atoms with van der Waals surface area (Å²) in [6.07, 6.45) is 3.13. The molecule has 0 aliphatic carbocycles. The number of hydrogen-bond acceptors (Lipinski definition) is 3. The number of thioether (sulfide) groups is 1. The van der Waals surface area contributed by atoms with Gasteiger partial charge in [0.15, 0.2) is 0 Å². The lowest BCUT2D eigenvalue weighted by Crippen LogP contribution is -2.50. The van der Waals surface area contributed by atoms with E-state index < -0.39 is 5.54 Å². The lowest BCUT2D eigenvalue weighted by atomic mass is 9.72. The molecule has 1 aromatic rings. The van der Waals surface area contributed by atoms with Crippen LogP contribution in [0.5, 0.6) is 0 Å². The van der Waals surface area contributed by atoms with Crippen LogP contribution < -0.4 is 5.73 Å². The first-order valence-electron chi connectivity index (χ1n) is 7.29. The molecule has 1 spiro atoms. The number of hydrogen-bond donors (Lipinski definition) is 1. The van der Waals surface area contributed by atoms with Crippen LogP contribution in [0.1, 0.15) is 31.7 Å². The maximum absolute atomic E-state index is 13.1. The summed E-state index contributed by atoms with van der Waals surface area (Å²) in [5, 5.41) is 0. The van der Waals surface area contributed by atoms with Gasteiger partial charge in [0, 0.05) is 17.9 Å². The average Bonchev–Trinajstić information content (AvgIpc) is 2.87. The van der Waals surface area contributed by atoms with E-state index in [2.05, 4.69) is 6.92 Å². The van der Waals surface area contributed by atoms with Gasteiger partial charge in [0.05, 0.1) is 5.60 Å². The highest BCUT2D eigenvalue weighted by molar-refractivity contribution is 7.99. The van der Waals surface area contributed by atoms with Gasteiger partial charge in [-0.3, -0.25) is 0 Å². The Morgan fingerprint density at radius 2 is 2.15 bits per heavy atom. The summed E-state index contributed by atoms with van der Waals surface area (Å²) in [5.41, 5.74) is 7.27. The van der Waals surface area contributed by atoms with Crippen LogP contribution in [0.2, 0.25) is 0 Å². The fourth-order valence-electron chi connectivity index (χ4n) is 3.45. The SMILES string of the molecule is CC(N)(c1ccc(F)cc1)C1CCOC2(CCSC2)C1. The monoisotopic (exact) mass is 295 g/mol. The summed E-state index contributed by atoms with van der Waals surface area (Å²) in [5.74, 6) is 2.45.